The monoisotopic (exact) mass is 457 g/mol. The average molecular weight is 459 g/mol. The van der Waals surface area contributed by atoms with Gasteiger partial charge in [-0.3, -0.25) is 0 Å². The number of nitrogens with one attached hydrogen (secondary N) is 1. The van der Waals surface area contributed by atoms with Gasteiger partial charge in [-0.2, -0.15) is 9.61 Å². The van der Waals surface area contributed by atoms with Gasteiger partial charge in [-0.1, -0.05) is 55.8 Å². The van der Waals surface area contributed by atoms with Gasteiger partial charge in [0.25, 0.3) is 0 Å². The van der Waals surface area contributed by atoms with Crippen LogP contribution in [0.25, 0.3) is 16.9 Å². The summed E-state index contributed by atoms with van der Waals surface area (Å²) in [6, 6.07) is 17.4. The van der Waals surface area contributed by atoms with E-state index in [9.17, 15) is 0 Å². The van der Waals surface area contributed by atoms with Crippen LogP contribution in [-0.4, -0.2) is 14.6 Å². The maximum atomic E-state index is 6.36. The van der Waals surface area contributed by atoms with Crippen molar-refractivity contribution in [2.45, 2.75) is 20.4 Å². The van der Waals surface area contributed by atoms with Crippen LogP contribution in [0.5, 0.6) is 0 Å². The second-order valence-corrected chi connectivity index (χ2v) is 7.09. The van der Waals surface area contributed by atoms with Crippen molar-refractivity contribution in [3.05, 3.63) is 75.9 Å². The molecule has 0 fully saturated rings. The van der Waals surface area contributed by atoms with Crippen LogP contribution in [0.3, 0.4) is 0 Å². The molecule has 0 aliphatic heterocycles. The Balaban J connectivity index is 0.00000109. The van der Waals surface area contributed by atoms with Crippen molar-refractivity contribution >= 4 is 44.7 Å². The van der Waals surface area contributed by atoms with Gasteiger partial charge in [-0.15, -0.1) is 0 Å². The van der Waals surface area contributed by atoms with E-state index in [2.05, 4.69) is 26.3 Å². The van der Waals surface area contributed by atoms with E-state index in [1.54, 1.807) is 10.7 Å². The normalized spacial score (nSPS) is 10.4. The Labute approximate surface area is 177 Å². The minimum absolute atomic E-state index is 0.638. The molecule has 0 amide bonds. The van der Waals surface area contributed by atoms with Crippen LogP contribution in [0.1, 0.15) is 19.4 Å². The topological polar surface area (TPSA) is 68.2 Å². The highest BCUT2D eigenvalue weighted by Crippen LogP contribution is 2.30. The van der Waals surface area contributed by atoms with E-state index in [0.717, 1.165) is 38.4 Å². The first-order chi connectivity index (χ1) is 13.6. The van der Waals surface area contributed by atoms with E-state index in [1.807, 2.05) is 68.4 Å². The van der Waals surface area contributed by atoms with Crippen LogP contribution in [0.2, 0.25) is 5.02 Å². The summed E-state index contributed by atoms with van der Waals surface area (Å²) in [7, 11) is 0. The van der Waals surface area contributed by atoms with Crippen molar-refractivity contribution in [3.8, 4) is 11.3 Å². The van der Waals surface area contributed by atoms with Crippen molar-refractivity contribution in [3.63, 3.8) is 0 Å². The molecule has 0 spiro atoms. The minimum Gasteiger partial charge on any atom is -0.399 e. The molecule has 7 heteroatoms. The summed E-state index contributed by atoms with van der Waals surface area (Å²) in [4.78, 5) is 4.71. The van der Waals surface area contributed by atoms with Crippen LogP contribution >= 0.6 is 27.5 Å². The summed E-state index contributed by atoms with van der Waals surface area (Å²) in [6.07, 6.45) is 1.73. The van der Waals surface area contributed by atoms with Gasteiger partial charge in [0.2, 0.25) is 0 Å². The molecule has 0 saturated carbocycles. The van der Waals surface area contributed by atoms with Gasteiger partial charge in [0.1, 0.15) is 5.82 Å². The Bertz CT molecular complexity index is 1080. The lowest BCUT2D eigenvalue weighted by Crippen LogP contribution is -2.07. The summed E-state index contributed by atoms with van der Waals surface area (Å²) in [5, 5.41) is 8.47. The molecule has 0 bridgehead atoms. The molecule has 5 nitrogen and oxygen atoms in total. The Kier molecular flexibility index (Phi) is 6.54. The van der Waals surface area contributed by atoms with Crippen molar-refractivity contribution < 1.29 is 0 Å². The second kappa shape index (κ2) is 9.08. The average Bonchev–Trinajstić information content (AvgIpc) is 3.10. The molecular weight excluding hydrogens is 438 g/mol. The molecular formula is C21H21BrClN5. The third-order valence-electron chi connectivity index (χ3n) is 4.03. The lowest BCUT2D eigenvalue weighted by molar-refractivity contribution is 0.927. The molecule has 2 aromatic carbocycles. The highest BCUT2D eigenvalue weighted by molar-refractivity contribution is 9.10. The number of rotatable bonds is 4. The van der Waals surface area contributed by atoms with E-state index in [-0.39, 0.29) is 0 Å². The van der Waals surface area contributed by atoms with E-state index < -0.39 is 0 Å². The van der Waals surface area contributed by atoms with Crippen LogP contribution in [0, 0.1) is 0 Å². The number of hydrogen-bond donors (Lipinski definition) is 2. The zero-order valence-corrected chi connectivity index (χ0v) is 18.0. The smallest absolute Gasteiger partial charge is 0.172 e. The first-order valence-electron chi connectivity index (χ1n) is 8.99. The summed E-state index contributed by atoms with van der Waals surface area (Å²) in [5.74, 6) is 0.826. The van der Waals surface area contributed by atoms with Crippen LogP contribution in [0.4, 0.5) is 11.5 Å². The fraction of sp³-hybridized carbons (Fsp3) is 0.143. The van der Waals surface area contributed by atoms with Gasteiger partial charge in [-0.05, 0) is 39.7 Å². The van der Waals surface area contributed by atoms with Crippen LogP contribution in [-0.2, 0) is 6.54 Å². The van der Waals surface area contributed by atoms with Crippen molar-refractivity contribution in [1.29, 1.82) is 0 Å². The number of halogens is 2. The molecule has 2 heterocycles. The predicted octanol–water partition coefficient (Wildman–Crippen LogP) is 6.03. The molecule has 28 heavy (non-hydrogen) atoms. The van der Waals surface area contributed by atoms with Crippen LogP contribution in [0.15, 0.2) is 65.3 Å². The van der Waals surface area contributed by atoms with Gasteiger partial charge in [0.05, 0.1) is 16.4 Å². The molecule has 4 rings (SSSR count). The number of benzene rings is 2. The lowest BCUT2D eigenvalue weighted by Gasteiger charge is -2.12. The van der Waals surface area contributed by atoms with E-state index in [4.69, 9.17) is 22.3 Å². The van der Waals surface area contributed by atoms with E-state index in [0.29, 0.717) is 11.6 Å². The third-order valence-corrected chi connectivity index (χ3v) is 4.92. The molecule has 2 aromatic heterocycles. The quantitative estimate of drug-likeness (QED) is 0.366. The standard InChI is InChI=1S/C19H15BrClN5.C2H6/c20-15-11-24-26-18(23-10-12-5-7-13(22)8-6-12)9-17(25-19(15)26)14-3-1-2-4-16(14)21;1-2/h1-9,11,23H,10,22H2;1-2H3. The van der Waals surface area contributed by atoms with Crippen molar-refractivity contribution in [2.24, 2.45) is 0 Å². The number of nitrogen functional groups attached to an aromatic ring is 1. The lowest BCUT2D eigenvalue weighted by atomic mass is 10.1. The number of fused-ring (bicyclic) bond motifs is 1. The number of hydrogen-bond acceptors (Lipinski definition) is 4. The zero-order chi connectivity index (χ0) is 20.1. The van der Waals surface area contributed by atoms with Crippen molar-refractivity contribution in [2.75, 3.05) is 11.1 Å². The van der Waals surface area contributed by atoms with E-state index in [1.165, 1.54) is 0 Å². The highest BCUT2D eigenvalue weighted by atomic mass is 79.9. The molecule has 0 radical (unpaired) electrons. The number of anilines is 2. The van der Waals surface area contributed by atoms with Crippen LogP contribution < -0.4 is 11.1 Å². The molecule has 0 aliphatic rings. The third kappa shape index (κ3) is 4.29. The summed E-state index contributed by atoms with van der Waals surface area (Å²) in [5.41, 5.74) is 10.00. The fourth-order valence-electron chi connectivity index (χ4n) is 2.70. The fourth-order valence-corrected chi connectivity index (χ4v) is 3.28. The first kappa shape index (κ1) is 20.2. The van der Waals surface area contributed by atoms with Gasteiger partial charge < -0.3 is 11.1 Å². The number of aromatic nitrogens is 3. The largest absolute Gasteiger partial charge is 0.399 e. The Morgan fingerprint density at radius 2 is 1.82 bits per heavy atom. The molecule has 0 unspecified atom stereocenters. The predicted molar refractivity (Wildman–Crippen MR) is 121 cm³/mol. The van der Waals surface area contributed by atoms with Gasteiger partial charge in [0, 0.05) is 28.9 Å². The maximum Gasteiger partial charge on any atom is 0.172 e. The SMILES string of the molecule is CC.Nc1ccc(CNc2cc(-c3ccccc3Cl)nc3c(Br)cnn23)cc1. The minimum atomic E-state index is 0.638. The number of nitrogens with two attached hydrogens (primary N) is 1. The molecule has 0 aliphatic carbocycles. The van der Waals surface area contributed by atoms with E-state index >= 15 is 0 Å². The Morgan fingerprint density at radius 3 is 2.54 bits per heavy atom. The second-order valence-electron chi connectivity index (χ2n) is 5.83. The first-order valence-corrected chi connectivity index (χ1v) is 10.2. The zero-order valence-electron chi connectivity index (χ0n) is 15.7. The Hall–Kier alpha value is -2.57. The van der Waals surface area contributed by atoms with Gasteiger partial charge >= 0.3 is 0 Å². The molecule has 0 atom stereocenters. The molecule has 4 aromatic rings. The summed E-state index contributed by atoms with van der Waals surface area (Å²) >= 11 is 9.87. The molecule has 144 valence electrons. The number of nitrogens with zero attached hydrogens (tertiary/aromatic N) is 3. The molecule has 3 N–H and O–H groups in total. The molecule has 0 saturated heterocycles. The highest BCUT2D eigenvalue weighted by Gasteiger charge is 2.13. The summed E-state index contributed by atoms with van der Waals surface area (Å²) < 4.78 is 2.59. The summed E-state index contributed by atoms with van der Waals surface area (Å²) in [6.45, 7) is 4.64. The maximum absolute atomic E-state index is 6.36. The van der Waals surface area contributed by atoms with Crippen molar-refractivity contribution in [1.82, 2.24) is 14.6 Å². The Morgan fingerprint density at radius 1 is 1.11 bits per heavy atom. The van der Waals surface area contributed by atoms with Gasteiger partial charge in [0.15, 0.2) is 5.65 Å². The van der Waals surface area contributed by atoms with Gasteiger partial charge in [-0.25, -0.2) is 4.98 Å².